The van der Waals surface area contributed by atoms with E-state index < -0.39 is 0 Å². The highest BCUT2D eigenvalue weighted by atomic mass is 19.1. The number of nitrogens with one attached hydrogen (secondary N) is 1. The number of H-pyrrole nitrogens is 1. The number of fused-ring (bicyclic) bond motifs is 1. The Labute approximate surface area is 163 Å². The molecule has 0 unspecified atom stereocenters. The lowest BCUT2D eigenvalue weighted by Gasteiger charge is -2.34. The fourth-order valence-electron chi connectivity index (χ4n) is 3.76. The molecule has 1 fully saturated rings. The van der Waals surface area contributed by atoms with Crippen LogP contribution in [0.15, 0.2) is 42.5 Å². The maximum Gasteiger partial charge on any atom is 0.270 e. The first-order chi connectivity index (χ1) is 13.5. The van der Waals surface area contributed by atoms with Gasteiger partial charge in [-0.25, -0.2) is 4.39 Å². The first-order valence-corrected chi connectivity index (χ1v) is 9.47. The number of aromatic nitrogens is 1. The Morgan fingerprint density at radius 1 is 1.11 bits per heavy atom. The molecule has 0 spiro atoms. The summed E-state index contributed by atoms with van der Waals surface area (Å²) in [6.45, 7) is 5.42. The van der Waals surface area contributed by atoms with Crippen LogP contribution >= 0.6 is 0 Å². The van der Waals surface area contributed by atoms with Crippen molar-refractivity contribution in [3.8, 4) is 5.75 Å². The number of ether oxygens (including phenoxy) is 1. The fourth-order valence-corrected chi connectivity index (χ4v) is 3.76. The number of amides is 1. The van der Waals surface area contributed by atoms with Gasteiger partial charge in [0.05, 0.1) is 7.11 Å². The molecule has 6 heteroatoms. The number of hydrogen-bond acceptors (Lipinski definition) is 3. The smallest absolute Gasteiger partial charge is 0.270 e. The van der Waals surface area contributed by atoms with Crippen LogP contribution in [0.2, 0.25) is 0 Å². The van der Waals surface area contributed by atoms with E-state index in [1.54, 1.807) is 13.2 Å². The number of benzene rings is 2. The van der Waals surface area contributed by atoms with E-state index in [1.165, 1.54) is 17.7 Å². The SMILES string of the molecule is COc1ccc(F)cc1CN1CCN(C(=O)c2cc3cc(C)ccc3[nH]2)CC1. The van der Waals surface area contributed by atoms with Gasteiger partial charge < -0.3 is 14.6 Å². The van der Waals surface area contributed by atoms with Crippen molar-refractivity contribution in [2.45, 2.75) is 13.5 Å². The van der Waals surface area contributed by atoms with Crippen molar-refractivity contribution in [3.63, 3.8) is 0 Å². The highest BCUT2D eigenvalue weighted by molar-refractivity contribution is 5.98. The van der Waals surface area contributed by atoms with E-state index in [0.717, 1.165) is 29.6 Å². The van der Waals surface area contributed by atoms with Crippen LogP contribution < -0.4 is 4.74 Å². The first-order valence-electron chi connectivity index (χ1n) is 9.47. The van der Waals surface area contributed by atoms with E-state index in [2.05, 4.69) is 16.0 Å². The summed E-state index contributed by atoms with van der Waals surface area (Å²) in [6.07, 6.45) is 0. The number of nitrogens with zero attached hydrogens (tertiary/aromatic N) is 2. The number of hydrogen-bond donors (Lipinski definition) is 1. The maximum atomic E-state index is 13.6. The minimum absolute atomic E-state index is 0.0249. The second-order valence-corrected chi connectivity index (χ2v) is 7.30. The maximum absolute atomic E-state index is 13.6. The molecule has 0 atom stereocenters. The van der Waals surface area contributed by atoms with Crippen LogP contribution in [0.1, 0.15) is 21.6 Å². The van der Waals surface area contributed by atoms with Crippen LogP contribution in [-0.4, -0.2) is 54.0 Å². The van der Waals surface area contributed by atoms with Gasteiger partial charge in [0, 0.05) is 49.2 Å². The summed E-state index contributed by atoms with van der Waals surface area (Å²) >= 11 is 0. The van der Waals surface area contributed by atoms with Crippen LogP contribution in [0.25, 0.3) is 10.9 Å². The Bertz CT molecular complexity index is 1010. The molecule has 28 heavy (non-hydrogen) atoms. The largest absolute Gasteiger partial charge is 0.496 e. The Kier molecular flexibility index (Phi) is 5.05. The molecule has 1 amide bonds. The molecule has 5 nitrogen and oxygen atoms in total. The summed E-state index contributed by atoms with van der Waals surface area (Å²) in [4.78, 5) is 20.2. The summed E-state index contributed by atoms with van der Waals surface area (Å²) in [5, 5.41) is 1.06. The van der Waals surface area contributed by atoms with Gasteiger partial charge in [-0.1, -0.05) is 11.6 Å². The molecule has 1 aliphatic rings. The number of piperazine rings is 1. The summed E-state index contributed by atoms with van der Waals surface area (Å²) in [7, 11) is 1.59. The van der Waals surface area contributed by atoms with Crippen LogP contribution in [-0.2, 0) is 6.54 Å². The first kappa shape index (κ1) is 18.5. The van der Waals surface area contributed by atoms with Gasteiger partial charge in [0.2, 0.25) is 0 Å². The molecule has 1 aliphatic heterocycles. The third-order valence-electron chi connectivity index (χ3n) is 5.30. The second-order valence-electron chi connectivity index (χ2n) is 7.30. The summed E-state index contributed by atoms with van der Waals surface area (Å²) in [6, 6.07) is 12.6. The van der Waals surface area contributed by atoms with Crippen LogP contribution in [0, 0.1) is 12.7 Å². The van der Waals surface area contributed by atoms with Crippen LogP contribution in [0.3, 0.4) is 0 Å². The Morgan fingerprint density at radius 3 is 2.64 bits per heavy atom. The summed E-state index contributed by atoms with van der Waals surface area (Å²) in [5.41, 5.74) is 3.60. The lowest BCUT2D eigenvalue weighted by molar-refractivity contribution is 0.0622. The van der Waals surface area contributed by atoms with Gasteiger partial charge in [0.1, 0.15) is 17.3 Å². The van der Waals surface area contributed by atoms with Crippen molar-refractivity contribution < 1.29 is 13.9 Å². The van der Waals surface area contributed by atoms with Crippen molar-refractivity contribution in [2.75, 3.05) is 33.3 Å². The standard InChI is InChI=1S/C22H24FN3O2/c1-15-3-5-19-16(11-15)13-20(24-19)22(27)26-9-7-25(8-10-26)14-17-12-18(23)4-6-21(17)28-2/h3-6,11-13,24H,7-10,14H2,1-2H3. The molecule has 2 aromatic carbocycles. The van der Waals surface area contributed by atoms with Crippen LogP contribution in [0.5, 0.6) is 5.75 Å². The average Bonchev–Trinajstić information content (AvgIpc) is 3.11. The monoisotopic (exact) mass is 381 g/mol. The zero-order valence-corrected chi connectivity index (χ0v) is 16.2. The molecule has 0 bridgehead atoms. The van der Waals surface area contributed by atoms with Crippen molar-refractivity contribution >= 4 is 16.8 Å². The molecule has 0 saturated carbocycles. The van der Waals surface area contributed by atoms with E-state index in [-0.39, 0.29) is 11.7 Å². The fraction of sp³-hybridized carbons (Fsp3) is 0.318. The molecule has 1 N–H and O–H groups in total. The quantitative estimate of drug-likeness (QED) is 0.752. The van der Waals surface area contributed by atoms with Gasteiger partial charge in [0.15, 0.2) is 0 Å². The number of rotatable bonds is 4. The van der Waals surface area contributed by atoms with E-state index in [0.29, 0.717) is 31.1 Å². The van der Waals surface area contributed by atoms with Gasteiger partial charge in [-0.05, 0) is 43.3 Å². The summed E-state index contributed by atoms with van der Waals surface area (Å²) in [5.74, 6) is 0.448. The molecule has 1 saturated heterocycles. The second kappa shape index (κ2) is 7.64. The predicted molar refractivity (Wildman–Crippen MR) is 107 cm³/mol. The van der Waals surface area contributed by atoms with Crippen molar-refractivity contribution in [1.29, 1.82) is 0 Å². The Hall–Kier alpha value is -2.86. The third-order valence-corrected chi connectivity index (χ3v) is 5.30. The lowest BCUT2D eigenvalue weighted by atomic mass is 10.1. The molecular weight excluding hydrogens is 357 g/mol. The number of methoxy groups -OCH3 is 1. The molecule has 2 heterocycles. The zero-order valence-electron chi connectivity index (χ0n) is 16.2. The van der Waals surface area contributed by atoms with E-state index in [1.807, 2.05) is 30.0 Å². The number of aromatic amines is 1. The molecule has 1 aromatic heterocycles. The van der Waals surface area contributed by atoms with Gasteiger partial charge in [-0.2, -0.15) is 0 Å². The molecule has 4 rings (SSSR count). The van der Waals surface area contributed by atoms with E-state index in [9.17, 15) is 9.18 Å². The van der Waals surface area contributed by atoms with Crippen molar-refractivity contribution in [1.82, 2.24) is 14.8 Å². The lowest BCUT2D eigenvalue weighted by Crippen LogP contribution is -2.48. The number of carbonyl (C=O) groups is 1. The third kappa shape index (κ3) is 3.73. The van der Waals surface area contributed by atoms with Gasteiger partial charge in [-0.3, -0.25) is 9.69 Å². The van der Waals surface area contributed by atoms with E-state index >= 15 is 0 Å². The number of halogens is 1. The van der Waals surface area contributed by atoms with Crippen LogP contribution in [0.4, 0.5) is 4.39 Å². The Morgan fingerprint density at radius 2 is 1.89 bits per heavy atom. The highest BCUT2D eigenvalue weighted by Gasteiger charge is 2.24. The molecule has 146 valence electrons. The molecular formula is C22H24FN3O2. The zero-order chi connectivity index (χ0) is 19.7. The van der Waals surface area contributed by atoms with Crippen molar-refractivity contribution in [2.24, 2.45) is 0 Å². The van der Waals surface area contributed by atoms with Gasteiger partial charge >= 0.3 is 0 Å². The average molecular weight is 381 g/mol. The van der Waals surface area contributed by atoms with Crippen molar-refractivity contribution in [3.05, 3.63) is 65.1 Å². The van der Waals surface area contributed by atoms with Gasteiger partial charge in [0.25, 0.3) is 5.91 Å². The minimum Gasteiger partial charge on any atom is -0.496 e. The predicted octanol–water partition coefficient (Wildman–Crippen LogP) is 3.58. The molecule has 3 aromatic rings. The summed E-state index contributed by atoms with van der Waals surface area (Å²) < 4.78 is 18.9. The van der Waals surface area contributed by atoms with Gasteiger partial charge in [-0.15, -0.1) is 0 Å². The minimum atomic E-state index is -0.265. The topological polar surface area (TPSA) is 48.6 Å². The normalized spacial score (nSPS) is 15.2. The molecule has 0 radical (unpaired) electrons. The molecule has 0 aliphatic carbocycles. The number of aryl methyl sites for hydroxylation is 1. The highest BCUT2D eigenvalue weighted by Crippen LogP contribution is 2.22. The number of carbonyl (C=O) groups excluding carboxylic acids is 1. The Balaban J connectivity index is 1.40. The van der Waals surface area contributed by atoms with E-state index in [4.69, 9.17) is 4.74 Å².